The maximum Gasteiger partial charge on any atom is 0.337 e. The van der Waals surface area contributed by atoms with Crippen molar-refractivity contribution in [2.75, 3.05) is 4.72 Å². The lowest BCUT2D eigenvalue weighted by atomic mass is 10.2. The van der Waals surface area contributed by atoms with Crippen LogP contribution in [0.4, 0.5) is 5.69 Å². The predicted octanol–water partition coefficient (Wildman–Crippen LogP) is 2.54. The smallest absolute Gasteiger partial charge is 0.337 e. The SMILES string of the molecule is Cc1cncc(NS(=O)(=O)c2ccc(C(=O)O)c(Cl)c2)c1. The summed E-state index contributed by atoms with van der Waals surface area (Å²) in [6, 6.07) is 5.04. The maximum absolute atomic E-state index is 12.2. The molecule has 2 aromatic rings. The van der Waals surface area contributed by atoms with Crippen molar-refractivity contribution in [2.45, 2.75) is 11.8 Å². The van der Waals surface area contributed by atoms with E-state index in [1.54, 1.807) is 19.2 Å². The van der Waals surface area contributed by atoms with Crippen LogP contribution >= 0.6 is 11.6 Å². The number of nitrogens with one attached hydrogen (secondary N) is 1. The van der Waals surface area contributed by atoms with E-state index in [0.29, 0.717) is 5.69 Å². The van der Waals surface area contributed by atoms with Gasteiger partial charge in [-0.15, -0.1) is 0 Å². The van der Waals surface area contributed by atoms with Gasteiger partial charge in [-0.05, 0) is 36.8 Å². The van der Waals surface area contributed by atoms with Crippen molar-refractivity contribution in [1.82, 2.24) is 4.98 Å². The number of carboxylic acid groups (broad SMARTS) is 1. The van der Waals surface area contributed by atoms with Crippen LogP contribution in [0.15, 0.2) is 41.6 Å². The van der Waals surface area contributed by atoms with Crippen LogP contribution in [0.1, 0.15) is 15.9 Å². The van der Waals surface area contributed by atoms with Crippen LogP contribution in [-0.2, 0) is 10.0 Å². The first-order valence-electron chi connectivity index (χ1n) is 5.77. The lowest BCUT2D eigenvalue weighted by Crippen LogP contribution is -2.13. The topological polar surface area (TPSA) is 96.4 Å². The molecule has 110 valence electrons. The average Bonchev–Trinajstić information content (AvgIpc) is 2.37. The van der Waals surface area contributed by atoms with Gasteiger partial charge in [0.25, 0.3) is 10.0 Å². The molecule has 1 heterocycles. The van der Waals surface area contributed by atoms with Crippen molar-refractivity contribution < 1.29 is 18.3 Å². The van der Waals surface area contributed by atoms with Gasteiger partial charge in [0, 0.05) is 6.20 Å². The molecule has 6 nitrogen and oxygen atoms in total. The number of carboxylic acids is 1. The van der Waals surface area contributed by atoms with E-state index in [1.165, 1.54) is 12.3 Å². The summed E-state index contributed by atoms with van der Waals surface area (Å²) in [6.45, 7) is 1.78. The van der Waals surface area contributed by atoms with Gasteiger partial charge in [-0.3, -0.25) is 9.71 Å². The van der Waals surface area contributed by atoms with Crippen molar-refractivity contribution in [2.24, 2.45) is 0 Å². The highest BCUT2D eigenvalue weighted by Gasteiger charge is 2.18. The van der Waals surface area contributed by atoms with Crippen molar-refractivity contribution in [1.29, 1.82) is 0 Å². The molecule has 0 aliphatic heterocycles. The second-order valence-corrected chi connectivity index (χ2v) is 6.39. The van der Waals surface area contributed by atoms with Gasteiger partial charge in [-0.1, -0.05) is 11.6 Å². The fourth-order valence-electron chi connectivity index (χ4n) is 1.66. The van der Waals surface area contributed by atoms with E-state index in [0.717, 1.165) is 17.7 Å². The number of sulfonamides is 1. The minimum atomic E-state index is -3.86. The molecule has 0 radical (unpaired) electrons. The molecule has 0 spiro atoms. The number of aromatic nitrogens is 1. The van der Waals surface area contributed by atoms with Crippen LogP contribution in [0, 0.1) is 6.92 Å². The number of pyridine rings is 1. The standard InChI is InChI=1S/C13H11ClN2O4S/c1-8-4-9(7-15-6-8)16-21(19,20)10-2-3-11(13(17)18)12(14)5-10/h2-7,16H,1H3,(H,17,18). The minimum absolute atomic E-state index is 0.126. The normalized spacial score (nSPS) is 11.1. The highest BCUT2D eigenvalue weighted by Crippen LogP contribution is 2.22. The summed E-state index contributed by atoms with van der Waals surface area (Å²) in [4.78, 5) is 14.6. The van der Waals surface area contributed by atoms with Crippen molar-refractivity contribution >= 4 is 33.3 Å². The molecule has 8 heteroatoms. The van der Waals surface area contributed by atoms with E-state index >= 15 is 0 Å². The highest BCUT2D eigenvalue weighted by atomic mass is 35.5. The first-order chi connectivity index (χ1) is 9.79. The van der Waals surface area contributed by atoms with Gasteiger partial charge in [-0.25, -0.2) is 13.2 Å². The Morgan fingerprint density at radius 1 is 1.29 bits per heavy atom. The Labute approximate surface area is 126 Å². The summed E-state index contributed by atoms with van der Waals surface area (Å²) >= 11 is 5.77. The number of halogens is 1. The lowest BCUT2D eigenvalue weighted by Gasteiger charge is -2.09. The van der Waals surface area contributed by atoms with Gasteiger partial charge in [-0.2, -0.15) is 0 Å². The molecule has 0 unspecified atom stereocenters. The third-order valence-electron chi connectivity index (χ3n) is 2.61. The van der Waals surface area contributed by atoms with Crippen molar-refractivity contribution in [3.8, 4) is 0 Å². The molecule has 0 aliphatic rings. The number of anilines is 1. The van der Waals surface area contributed by atoms with E-state index < -0.39 is 16.0 Å². The third kappa shape index (κ3) is 3.50. The third-order valence-corrected chi connectivity index (χ3v) is 4.30. The summed E-state index contributed by atoms with van der Waals surface area (Å²) in [5.74, 6) is -1.22. The highest BCUT2D eigenvalue weighted by molar-refractivity contribution is 7.92. The fourth-order valence-corrected chi connectivity index (χ4v) is 3.05. The molecule has 0 amide bonds. The molecule has 0 saturated heterocycles. The molecule has 2 rings (SSSR count). The van der Waals surface area contributed by atoms with Crippen LogP contribution in [0.3, 0.4) is 0 Å². The molecule has 0 fully saturated rings. The Balaban J connectivity index is 2.36. The predicted molar refractivity (Wildman–Crippen MR) is 78.2 cm³/mol. The second-order valence-electron chi connectivity index (χ2n) is 4.30. The van der Waals surface area contributed by atoms with Crippen LogP contribution < -0.4 is 4.72 Å². The number of hydrogen-bond donors (Lipinski definition) is 2. The molecule has 0 atom stereocenters. The number of benzene rings is 1. The van der Waals surface area contributed by atoms with Gasteiger partial charge in [0.2, 0.25) is 0 Å². The minimum Gasteiger partial charge on any atom is -0.478 e. The molecule has 0 saturated carbocycles. The van der Waals surface area contributed by atoms with Crippen LogP contribution in [0.25, 0.3) is 0 Å². The molecular weight excluding hydrogens is 316 g/mol. The number of hydrogen-bond acceptors (Lipinski definition) is 4. The Morgan fingerprint density at radius 2 is 2.00 bits per heavy atom. The summed E-state index contributed by atoms with van der Waals surface area (Å²) in [5, 5.41) is 8.72. The Bertz CT molecular complexity index is 806. The van der Waals surface area contributed by atoms with Gasteiger partial charge in [0.1, 0.15) is 0 Å². The summed E-state index contributed by atoms with van der Waals surface area (Å²) in [7, 11) is -3.86. The molecular formula is C13H11ClN2O4S. The van der Waals surface area contributed by atoms with Gasteiger partial charge in [0.05, 0.1) is 27.4 Å². The van der Waals surface area contributed by atoms with Gasteiger partial charge in [0.15, 0.2) is 0 Å². The molecule has 0 bridgehead atoms. The van der Waals surface area contributed by atoms with Crippen LogP contribution in [-0.4, -0.2) is 24.5 Å². The number of aromatic carboxylic acids is 1. The van der Waals surface area contributed by atoms with Gasteiger partial charge < -0.3 is 5.11 Å². The largest absolute Gasteiger partial charge is 0.478 e. The zero-order chi connectivity index (χ0) is 15.6. The summed E-state index contributed by atoms with van der Waals surface area (Å²) < 4.78 is 26.8. The van der Waals surface area contributed by atoms with Crippen LogP contribution in [0.2, 0.25) is 5.02 Å². The zero-order valence-electron chi connectivity index (χ0n) is 10.9. The average molecular weight is 327 g/mol. The molecule has 2 N–H and O–H groups in total. The molecule has 1 aromatic heterocycles. The monoisotopic (exact) mass is 326 g/mol. The Kier molecular flexibility index (Phi) is 4.15. The van der Waals surface area contributed by atoms with E-state index in [2.05, 4.69) is 9.71 Å². The summed E-state index contributed by atoms with van der Waals surface area (Å²) in [5.41, 5.74) is 0.954. The molecule has 0 aliphatic carbocycles. The first kappa shape index (κ1) is 15.3. The Hall–Kier alpha value is -2.12. The van der Waals surface area contributed by atoms with Crippen molar-refractivity contribution in [3.05, 3.63) is 52.8 Å². The molecule has 1 aromatic carbocycles. The maximum atomic E-state index is 12.2. The number of rotatable bonds is 4. The number of carbonyl (C=O) groups is 1. The van der Waals surface area contributed by atoms with E-state index in [-0.39, 0.29) is 15.5 Å². The Morgan fingerprint density at radius 3 is 2.57 bits per heavy atom. The fraction of sp³-hybridized carbons (Fsp3) is 0.0769. The number of nitrogens with zero attached hydrogens (tertiary/aromatic N) is 1. The lowest BCUT2D eigenvalue weighted by molar-refractivity contribution is 0.0697. The van der Waals surface area contributed by atoms with Crippen molar-refractivity contribution in [3.63, 3.8) is 0 Å². The summed E-state index contributed by atoms with van der Waals surface area (Å²) in [6.07, 6.45) is 2.97. The quantitative estimate of drug-likeness (QED) is 0.900. The van der Waals surface area contributed by atoms with Crippen LogP contribution in [0.5, 0.6) is 0 Å². The van der Waals surface area contributed by atoms with Gasteiger partial charge >= 0.3 is 5.97 Å². The second kappa shape index (κ2) is 5.71. The number of aryl methyl sites for hydroxylation is 1. The zero-order valence-corrected chi connectivity index (χ0v) is 12.4. The molecule has 21 heavy (non-hydrogen) atoms. The van der Waals surface area contributed by atoms with E-state index in [4.69, 9.17) is 16.7 Å². The van der Waals surface area contributed by atoms with E-state index in [1.807, 2.05) is 0 Å². The van der Waals surface area contributed by atoms with E-state index in [9.17, 15) is 13.2 Å². The first-order valence-corrected chi connectivity index (χ1v) is 7.63.